The molecule has 0 spiro atoms. The first-order valence-electron chi connectivity index (χ1n) is 7.84. The van der Waals surface area contributed by atoms with Crippen molar-refractivity contribution in [1.82, 2.24) is 10.6 Å². The number of nitrogens with one attached hydrogen (secondary N) is 2. The molecule has 0 atom stereocenters. The summed E-state index contributed by atoms with van der Waals surface area (Å²) < 4.78 is 0. The van der Waals surface area contributed by atoms with E-state index in [1.807, 2.05) is 25.2 Å². The summed E-state index contributed by atoms with van der Waals surface area (Å²) >= 11 is 6.07. The van der Waals surface area contributed by atoms with E-state index in [2.05, 4.69) is 16.7 Å². The molecule has 0 heterocycles. The molecule has 2 rings (SSSR count). The lowest BCUT2D eigenvalue weighted by atomic mass is 9.79. The lowest BCUT2D eigenvalue weighted by Crippen LogP contribution is -2.41. The second-order valence-corrected chi connectivity index (χ2v) is 6.44. The predicted molar refractivity (Wildman–Crippen MR) is 87.6 cm³/mol. The largest absolute Gasteiger partial charge is 0.356 e. The van der Waals surface area contributed by atoms with Crippen LogP contribution in [0.25, 0.3) is 0 Å². The van der Waals surface area contributed by atoms with Crippen LogP contribution in [-0.2, 0) is 11.2 Å². The number of hydrogen-bond acceptors (Lipinski definition) is 2. The van der Waals surface area contributed by atoms with Crippen LogP contribution >= 0.6 is 11.6 Å². The van der Waals surface area contributed by atoms with Gasteiger partial charge in [-0.2, -0.15) is 0 Å². The van der Waals surface area contributed by atoms with E-state index in [0.29, 0.717) is 0 Å². The molecule has 1 fully saturated rings. The van der Waals surface area contributed by atoms with Gasteiger partial charge in [-0.3, -0.25) is 4.79 Å². The molecule has 21 heavy (non-hydrogen) atoms. The number of benzene rings is 1. The standard InChI is InChI=1S/C17H25ClN2O/c1-19-10-5-11-20-16(21)17(8-2-3-9-17)13-14-6-4-7-15(18)12-14/h4,6-7,12,19H,2-3,5,8-11,13H2,1H3,(H,20,21). The van der Waals surface area contributed by atoms with Gasteiger partial charge in [0.25, 0.3) is 0 Å². The normalized spacial score (nSPS) is 16.9. The first-order valence-corrected chi connectivity index (χ1v) is 8.21. The molecule has 1 aromatic carbocycles. The van der Waals surface area contributed by atoms with E-state index < -0.39 is 0 Å². The fourth-order valence-electron chi connectivity index (χ4n) is 3.23. The fourth-order valence-corrected chi connectivity index (χ4v) is 3.44. The summed E-state index contributed by atoms with van der Waals surface area (Å²) in [6.07, 6.45) is 6.02. The molecule has 4 heteroatoms. The average Bonchev–Trinajstić information content (AvgIpc) is 2.93. The number of carbonyl (C=O) groups excluding carboxylic acids is 1. The predicted octanol–water partition coefficient (Wildman–Crippen LogP) is 3.17. The highest BCUT2D eigenvalue weighted by molar-refractivity contribution is 6.30. The van der Waals surface area contributed by atoms with Crippen molar-refractivity contribution in [2.24, 2.45) is 5.41 Å². The summed E-state index contributed by atoms with van der Waals surface area (Å²) in [4.78, 5) is 12.7. The van der Waals surface area contributed by atoms with E-state index >= 15 is 0 Å². The highest BCUT2D eigenvalue weighted by atomic mass is 35.5. The number of hydrogen-bond donors (Lipinski definition) is 2. The molecule has 1 saturated carbocycles. The zero-order valence-corrected chi connectivity index (χ0v) is 13.5. The summed E-state index contributed by atoms with van der Waals surface area (Å²) in [5.41, 5.74) is 0.930. The highest BCUT2D eigenvalue weighted by Crippen LogP contribution is 2.41. The van der Waals surface area contributed by atoms with Gasteiger partial charge < -0.3 is 10.6 Å². The Hall–Kier alpha value is -1.06. The second kappa shape index (κ2) is 7.81. The van der Waals surface area contributed by atoms with E-state index in [4.69, 9.17) is 11.6 Å². The molecule has 0 aromatic heterocycles. The average molecular weight is 309 g/mol. The van der Waals surface area contributed by atoms with E-state index in [9.17, 15) is 4.79 Å². The third kappa shape index (κ3) is 4.45. The van der Waals surface area contributed by atoms with Crippen LogP contribution in [0.4, 0.5) is 0 Å². The topological polar surface area (TPSA) is 41.1 Å². The van der Waals surface area contributed by atoms with Crippen molar-refractivity contribution < 1.29 is 4.79 Å². The van der Waals surface area contributed by atoms with Gasteiger partial charge in [-0.1, -0.05) is 36.6 Å². The molecule has 116 valence electrons. The second-order valence-electron chi connectivity index (χ2n) is 6.01. The molecule has 1 aromatic rings. The maximum atomic E-state index is 12.7. The molecule has 2 N–H and O–H groups in total. The van der Waals surface area contributed by atoms with Crippen molar-refractivity contribution in [3.8, 4) is 0 Å². The zero-order chi connectivity index (χ0) is 15.1. The van der Waals surface area contributed by atoms with Crippen molar-refractivity contribution in [2.75, 3.05) is 20.1 Å². The molecule has 0 unspecified atom stereocenters. The Morgan fingerprint density at radius 1 is 1.29 bits per heavy atom. The van der Waals surface area contributed by atoms with Gasteiger partial charge in [0.05, 0.1) is 5.41 Å². The number of halogens is 1. The molecule has 1 aliphatic carbocycles. The lowest BCUT2D eigenvalue weighted by molar-refractivity contribution is -0.130. The quantitative estimate of drug-likeness (QED) is 0.760. The third-order valence-corrected chi connectivity index (χ3v) is 4.60. The van der Waals surface area contributed by atoms with Crippen molar-refractivity contribution in [3.63, 3.8) is 0 Å². The molecule has 3 nitrogen and oxygen atoms in total. The van der Waals surface area contributed by atoms with Gasteiger partial charge in [0.1, 0.15) is 0 Å². The van der Waals surface area contributed by atoms with Crippen LogP contribution in [0.5, 0.6) is 0 Å². The van der Waals surface area contributed by atoms with Crippen LogP contribution in [-0.4, -0.2) is 26.0 Å². The summed E-state index contributed by atoms with van der Waals surface area (Å²) in [6.45, 7) is 1.68. The van der Waals surface area contributed by atoms with E-state index in [1.54, 1.807) is 0 Å². The van der Waals surface area contributed by atoms with Crippen LogP contribution in [0.15, 0.2) is 24.3 Å². The van der Waals surface area contributed by atoms with Crippen LogP contribution < -0.4 is 10.6 Å². The minimum absolute atomic E-state index is 0.219. The minimum Gasteiger partial charge on any atom is -0.356 e. The monoisotopic (exact) mass is 308 g/mol. The Labute approximate surface area is 132 Å². The van der Waals surface area contributed by atoms with Gasteiger partial charge in [-0.05, 0) is 57.0 Å². The van der Waals surface area contributed by atoms with Crippen molar-refractivity contribution in [3.05, 3.63) is 34.9 Å². The Morgan fingerprint density at radius 2 is 2.05 bits per heavy atom. The first-order chi connectivity index (χ1) is 10.2. The molecular formula is C17H25ClN2O. The van der Waals surface area contributed by atoms with Gasteiger partial charge in [0.15, 0.2) is 0 Å². The van der Waals surface area contributed by atoms with Crippen LogP contribution in [0.1, 0.15) is 37.7 Å². The summed E-state index contributed by atoms with van der Waals surface area (Å²) in [7, 11) is 1.93. The van der Waals surface area contributed by atoms with Crippen LogP contribution in [0.2, 0.25) is 5.02 Å². The molecule has 0 saturated heterocycles. The van der Waals surface area contributed by atoms with Crippen molar-refractivity contribution in [2.45, 2.75) is 38.5 Å². The Kier molecular flexibility index (Phi) is 6.07. The third-order valence-electron chi connectivity index (χ3n) is 4.36. The molecule has 0 radical (unpaired) electrons. The number of amides is 1. The van der Waals surface area contributed by atoms with Gasteiger partial charge in [-0.25, -0.2) is 0 Å². The Balaban J connectivity index is 2.00. The first kappa shape index (κ1) is 16.3. The van der Waals surface area contributed by atoms with Gasteiger partial charge in [0.2, 0.25) is 5.91 Å². The number of carbonyl (C=O) groups is 1. The van der Waals surface area contributed by atoms with Gasteiger partial charge in [0, 0.05) is 11.6 Å². The summed E-state index contributed by atoms with van der Waals surface area (Å²) in [5.74, 6) is 0.219. The van der Waals surface area contributed by atoms with E-state index in [0.717, 1.165) is 62.2 Å². The van der Waals surface area contributed by atoms with Gasteiger partial charge in [-0.15, -0.1) is 0 Å². The lowest BCUT2D eigenvalue weighted by Gasteiger charge is -2.28. The smallest absolute Gasteiger partial charge is 0.226 e. The molecule has 0 aliphatic heterocycles. The maximum absolute atomic E-state index is 12.7. The van der Waals surface area contributed by atoms with Gasteiger partial charge >= 0.3 is 0 Å². The van der Waals surface area contributed by atoms with Crippen LogP contribution in [0.3, 0.4) is 0 Å². The molecule has 1 aliphatic rings. The Morgan fingerprint density at radius 3 is 2.71 bits per heavy atom. The molecule has 0 bridgehead atoms. The Bertz CT molecular complexity index is 470. The highest BCUT2D eigenvalue weighted by Gasteiger charge is 2.40. The van der Waals surface area contributed by atoms with E-state index in [-0.39, 0.29) is 11.3 Å². The summed E-state index contributed by atoms with van der Waals surface area (Å²) in [5, 5.41) is 6.97. The minimum atomic E-state index is -0.232. The number of rotatable bonds is 7. The zero-order valence-electron chi connectivity index (χ0n) is 12.8. The summed E-state index contributed by atoms with van der Waals surface area (Å²) in [6, 6.07) is 7.89. The SMILES string of the molecule is CNCCCNC(=O)C1(Cc2cccc(Cl)c2)CCCC1. The maximum Gasteiger partial charge on any atom is 0.226 e. The molecule has 1 amide bonds. The van der Waals surface area contributed by atoms with Crippen LogP contribution in [0, 0.1) is 5.41 Å². The fraction of sp³-hybridized carbons (Fsp3) is 0.588. The van der Waals surface area contributed by atoms with Crippen molar-refractivity contribution >= 4 is 17.5 Å². The van der Waals surface area contributed by atoms with E-state index in [1.165, 1.54) is 0 Å². The van der Waals surface area contributed by atoms with Crippen molar-refractivity contribution in [1.29, 1.82) is 0 Å². The molecular weight excluding hydrogens is 284 g/mol.